The average molecular weight is 545 g/mol. The molecule has 0 aliphatic heterocycles. The van der Waals surface area contributed by atoms with Crippen LogP contribution < -0.4 is 0 Å². The van der Waals surface area contributed by atoms with Crippen LogP contribution in [0.15, 0.2) is 11.6 Å². The molecule has 6 heteroatoms. The predicted octanol–water partition coefficient (Wildman–Crippen LogP) is 7.19. The van der Waals surface area contributed by atoms with Gasteiger partial charge in [-0.25, -0.2) is 0 Å². The van der Waals surface area contributed by atoms with E-state index in [1.54, 1.807) is 0 Å². The van der Waals surface area contributed by atoms with E-state index in [0.717, 1.165) is 32.1 Å². The van der Waals surface area contributed by atoms with E-state index in [1.807, 2.05) is 13.8 Å². The molecule has 4 rings (SSSR count). The molecule has 0 aromatic carbocycles. The minimum atomic E-state index is -0.403. The molecule has 0 spiro atoms. The van der Waals surface area contributed by atoms with E-state index in [9.17, 15) is 14.4 Å². The summed E-state index contributed by atoms with van der Waals surface area (Å²) in [6, 6.07) is 0. The number of ether oxygens (including phenoxy) is 3. The standard InChI is InChI=1S/C33H52O6/c1-20(10-9-16-31(5,6)39-23(4)36)27-13-14-28-26-12-11-24-18-25(37-21(2)34)19-30(38-22(3)35)33(24,8)29(26)15-17-32(27,28)7/h11,20,25-30H,9-10,12-19H2,1-8H3/t20-,25?,26+,27-,28+,29+,30+,32-,33+/m1/s1. The van der Waals surface area contributed by atoms with Gasteiger partial charge in [0.05, 0.1) is 0 Å². The van der Waals surface area contributed by atoms with Crippen molar-refractivity contribution in [2.24, 2.45) is 40.4 Å². The summed E-state index contributed by atoms with van der Waals surface area (Å²) in [4.78, 5) is 35.4. The number of carbonyl (C=O) groups excluding carboxylic acids is 3. The van der Waals surface area contributed by atoms with E-state index in [4.69, 9.17) is 14.2 Å². The van der Waals surface area contributed by atoms with Crippen molar-refractivity contribution in [1.29, 1.82) is 0 Å². The van der Waals surface area contributed by atoms with Crippen molar-refractivity contribution in [3.63, 3.8) is 0 Å². The number of carbonyl (C=O) groups is 3. The summed E-state index contributed by atoms with van der Waals surface area (Å²) in [5.74, 6) is 2.39. The Balaban J connectivity index is 1.49. The molecule has 0 saturated heterocycles. The Labute approximate surface area is 236 Å². The lowest BCUT2D eigenvalue weighted by atomic mass is 9.46. The van der Waals surface area contributed by atoms with Crippen LogP contribution in [0.5, 0.6) is 0 Å². The van der Waals surface area contributed by atoms with Crippen molar-refractivity contribution in [2.45, 2.75) is 137 Å². The molecule has 4 aliphatic carbocycles. The molecule has 4 aliphatic rings. The SMILES string of the molecule is CC(=O)OC1CC2=CC[C@H]3[C@@H]4CC[C@H]([C@H](C)CCCC(C)(C)OC(C)=O)[C@@]4(C)CC[C@@H]3[C@@]2(C)[C@@H](OC(C)=O)C1. The third kappa shape index (κ3) is 5.95. The Morgan fingerprint density at radius 1 is 1.00 bits per heavy atom. The van der Waals surface area contributed by atoms with E-state index in [0.29, 0.717) is 41.4 Å². The lowest BCUT2D eigenvalue weighted by molar-refractivity contribution is -0.172. The molecule has 0 heterocycles. The van der Waals surface area contributed by atoms with Gasteiger partial charge in [0.15, 0.2) is 0 Å². The number of esters is 3. The van der Waals surface area contributed by atoms with Crippen molar-refractivity contribution >= 4 is 17.9 Å². The Hall–Kier alpha value is -1.85. The lowest BCUT2D eigenvalue weighted by Gasteiger charge is -2.60. The molecule has 0 aromatic heterocycles. The van der Waals surface area contributed by atoms with Crippen molar-refractivity contribution in [1.82, 2.24) is 0 Å². The molecular formula is C33H52O6. The molecule has 0 aromatic rings. The Bertz CT molecular complexity index is 983. The largest absolute Gasteiger partial charge is 0.462 e. The summed E-state index contributed by atoms with van der Waals surface area (Å²) < 4.78 is 17.2. The van der Waals surface area contributed by atoms with Crippen LogP contribution in [-0.2, 0) is 28.6 Å². The first-order chi connectivity index (χ1) is 18.2. The van der Waals surface area contributed by atoms with Crippen LogP contribution in [0.4, 0.5) is 0 Å². The highest BCUT2D eigenvalue weighted by atomic mass is 16.6. The van der Waals surface area contributed by atoms with Crippen molar-refractivity contribution < 1.29 is 28.6 Å². The lowest BCUT2D eigenvalue weighted by Crippen LogP contribution is -2.57. The Morgan fingerprint density at radius 2 is 1.69 bits per heavy atom. The fourth-order valence-electron chi connectivity index (χ4n) is 9.82. The minimum absolute atomic E-state index is 0.196. The first kappa shape index (κ1) is 30.1. The van der Waals surface area contributed by atoms with Gasteiger partial charge in [0, 0.05) is 39.0 Å². The zero-order chi connectivity index (χ0) is 28.8. The summed E-state index contributed by atoms with van der Waals surface area (Å²) in [5, 5.41) is 0. The summed E-state index contributed by atoms with van der Waals surface area (Å²) in [6.45, 7) is 15.8. The summed E-state index contributed by atoms with van der Waals surface area (Å²) in [6.07, 6.45) is 12.4. The predicted molar refractivity (Wildman–Crippen MR) is 151 cm³/mol. The zero-order valence-corrected chi connectivity index (χ0v) is 25.6. The summed E-state index contributed by atoms with van der Waals surface area (Å²) in [7, 11) is 0. The number of hydrogen-bond acceptors (Lipinski definition) is 6. The quantitative estimate of drug-likeness (QED) is 0.183. The third-order valence-electron chi connectivity index (χ3n) is 11.4. The maximum Gasteiger partial charge on any atom is 0.303 e. The van der Waals surface area contributed by atoms with Gasteiger partial charge in [0.25, 0.3) is 0 Å². The van der Waals surface area contributed by atoms with E-state index in [2.05, 4.69) is 26.8 Å². The van der Waals surface area contributed by atoms with Crippen molar-refractivity contribution in [3.05, 3.63) is 11.6 Å². The molecule has 0 amide bonds. The average Bonchev–Trinajstić information content (AvgIpc) is 3.15. The van der Waals surface area contributed by atoms with Crippen LogP contribution in [0.3, 0.4) is 0 Å². The second-order valence-electron chi connectivity index (χ2n) is 14.3. The number of fused-ring (bicyclic) bond motifs is 5. The summed E-state index contributed by atoms with van der Waals surface area (Å²) in [5.41, 5.74) is 1.06. The fraction of sp³-hybridized carbons (Fsp3) is 0.848. The smallest absolute Gasteiger partial charge is 0.303 e. The fourth-order valence-corrected chi connectivity index (χ4v) is 9.82. The molecule has 3 fully saturated rings. The molecular weight excluding hydrogens is 492 g/mol. The number of allylic oxidation sites excluding steroid dienone is 1. The van der Waals surface area contributed by atoms with Gasteiger partial charge in [-0.3, -0.25) is 14.4 Å². The second kappa shape index (κ2) is 11.2. The second-order valence-corrected chi connectivity index (χ2v) is 14.3. The molecule has 6 nitrogen and oxygen atoms in total. The van der Waals surface area contributed by atoms with E-state index < -0.39 is 5.60 Å². The summed E-state index contributed by atoms with van der Waals surface area (Å²) >= 11 is 0. The maximum atomic E-state index is 12.2. The normalized spacial score (nSPS) is 38.4. The van der Waals surface area contributed by atoms with Gasteiger partial charge in [-0.05, 0) is 93.8 Å². The van der Waals surface area contributed by atoms with E-state index in [1.165, 1.54) is 52.0 Å². The van der Waals surface area contributed by atoms with Crippen molar-refractivity contribution in [3.8, 4) is 0 Å². The zero-order valence-electron chi connectivity index (χ0n) is 25.6. The first-order valence-electron chi connectivity index (χ1n) is 15.4. The molecule has 1 unspecified atom stereocenters. The molecule has 0 N–H and O–H groups in total. The number of hydrogen-bond donors (Lipinski definition) is 0. The highest BCUT2D eigenvalue weighted by molar-refractivity contribution is 5.67. The highest BCUT2D eigenvalue weighted by Gasteiger charge is 2.62. The first-order valence-corrected chi connectivity index (χ1v) is 15.4. The van der Waals surface area contributed by atoms with E-state index >= 15 is 0 Å². The van der Waals surface area contributed by atoms with Crippen LogP contribution in [0.25, 0.3) is 0 Å². The van der Waals surface area contributed by atoms with Crippen LogP contribution in [0, 0.1) is 40.4 Å². The van der Waals surface area contributed by atoms with Gasteiger partial charge < -0.3 is 14.2 Å². The van der Waals surface area contributed by atoms with Gasteiger partial charge >= 0.3 is 17.9 Å². The Morgan fingerprint density at radius 3 is 2.33 bits per heavy atom. The molecule has 39 heavy (non-hydrogen) atoms. The van der Waals surface area contributed by atoms with Crippen molar-refractivity contribution in [2.75, 3.05) is 0 Å². The molecule has 220 valence electrons. The van der Waals surface area contributed by atoms with Crippen LogP contribution in [0.1, 0.15) is 120 Å². The van der Waals surface area contributed by atoms with E-state index in [-0.39, 0.29) is 35.5 Å². The topological polar surface area (TPSA) is 78.9 Å². The van der Waals surface area contributed by atoms with Crippen LogP contribution in [0.2, 0.25) is 0 Å². The van der Waals surface area contributed by atoms with Gasteiger partial charge in [-0.2, -0.15) is 0 Å². The van der Waals surface area contributed by atoms with Gasteiger partial charge in [-0.15, -0.1) is 0 Å². The number of rotatable bonds is 8. The van der Waals surface area contributed by atoms with Gasteiger partial charge in [0.2, 0.25) is 0 Å². The third-order valence-corrected chi connectivity index (χ3v) is 11.4. The molecule has 3 saturated carbocycles. The minimum Gasteiger partial charge on any atom is -0.462 e. The maximum absolute atomic E-state index is 12.2. The van der Waals surface area contributed by atoms with Gasteiger partial charge in [-0.1, -0.05) is 38.8 Å². The van der Waals surface area contributed by atoms with Crippen LogP contribution >= 0.6 is 0 Å². The monoisotopic (exact) mass is 544 g/mol. The Kier molecular flexibility index (Phi) is 8.65. The highest BCUT2D eigenvalue weighted by Crippen LogP contribution is 2.67. The molecule has 9 atom stereocenters. The molecule has 0 bridgehead atoms. The molecule has 0 radical (unpaired) electrons. The van der Waals surface area contributed by atoms with Gasteiger partial charge in [0.1, 0.15) is 17.8 Å². The van der Waals surface area contributed by atoms with Crippen LogP contribution in [-0.4, -0.2) is 35.7 Å².